The number of aldehydes is 1. The molecule has 3 nitrogen and oxygen atoms in total. The molecule has 0 atom stereocenters. The van der Waals surface area contributed by atoms with Crippen molar-refractivity contribution >= 4 is 13.0 Å². The number of carbonyl (C=O) groups excluding carboxylic acids is 1. The fourth-order valence-corrected chi connectivity index (χ4v) is 2.40. The van der Waals surface area contributed by atoms with Crippen LogP contribution in [0.15, 0.2) is 24.3 Å². The van der Waals surface area contributed by atoms with Crippen molar-refractivity contribution in [3.63, 3.8) is 0 Å². The van der Waals surface area contributed by atoms with Crippen molar-refractivity contribution < 1.29 is 4.79 Å². The first-order valence-electron chi connectivity index (χ1n) is 6.36. The largest absolute Gasteiger partial charge is 0.333 e. The molecule has 2 rings (SSSR count). The number of nitrogens with zero attached hydrogens (tertiary/aromatic N) is 1. The molecule has 18 heavy (non-hydrogen) atoms. The fraction of sp³-hybridized carbons (Fsp3) is 0.429. The zero-order valence-electron chi connectivity index (χ0n) is 10.8. The molecule has 0 aliphatic carbocycles. The van der Waals surface area contributed by atoms with Gasteiger partial charge in [-0.3, -0.25) is 4.79 Å². The van der Waals surface area contributed by atoms with Crippen molar-refractivity contribution in [1.29, 1.82) is 5.26 Å². The Morgan fingerprint density at radius 2 is 1.83 bits per heavy atom. The Morgan fingerprint density at radius 1 is 1.28 bits per heavy atom. The lowest BCUT2D eigenvalue weighted by atomic mass is 9.41. The lowest BCUT2D eigenvalue weighted by molar-refractivity contribution is 0.112. The zero-order chi connectivity index (χ0) is 13.4. The summed E-state index contributed by atoms with van der Waals surface area (Å²) in [6, 6.07) is 7.83. The summed E-state index contributed by atoms with van der Waals surface area (Å²) in [5, 5.41) is 8.83. The topological polar surface area (TPSA) is 66.9 Å². The Balaban J connectivity index is 0.000000771. The minimum absolute atomic E-state index is 0.255. The van der Waals surface area contributed by atoms with Crippen LogP contribution in [0.3, 0.4) is 0 Å². The summed E-state index contributed by atoms with van der Waals surface area (Å²) in [5.41, 5.74) is 6.54. The summed E-state index contributed by atoms with van der Waals surface area (Å²) in [6.45, 7) is 0.255. The standard InChI is InChI=1S/C13H14BNO.CH5N/c15-10-14-7-5-13(6-8-14)12-3-1-11(9-16)2-4-12;1-2/h1-4,9,13H,5-8H2;2H2,1H3. The smallest absolute Gasteiger partial charge is 0.267 e. The molecule has 1 aliphatic rings. The molecular formula is C14H19BN2O. The summed E-state index contributed by atoms with van der Waals surface area (Å²) < 4.78 is 0. The summed E-state index contributed by atoms with van der Waals surface area (Å²) in [7, 11) is 1.50. The molecule has 94 valence electrons. The van der Waals surface area contributed by atoms with Gasteiger partial charge in [0.25, 0.3) is 6.71 Å². The molecule has 1 saturated heterocycles. The van der Waals surface area contributed by atoms with Gasteiger partial charge in [0.05, 0.1) is 0 Å². The SMILES string of the molecule is CN.N#CB1CCC(c2ccc(C=O)cc2)CC1. The van der Waals surface area contributed by atoms with Crippen molar-refractivity contribution in [2.45, 2.75) is 31.4 Å². The Labute approximate surface area is 109 Å². The molecule has 1 fully saturated rings. The lowest BCUT2D eigenvalue weighted by Crippen LogP contribution is -2.18. The lowest BCUT2D eigenvalue weighted by Gasteiger charge is -2.23. The second kappa shape index (κ2) is 7.68. The zero-order valence-corrected chi connectivity index (χ0v) is 10.8. The van der Waals surface area contributed by atoms with Crippen LogP contribution in [0.2, 0.25) is 12.6 Å². The van der Waals surface area contributed by atoms with Gasteiger partial charge in [-0.2, -0.15) is 0 Å². The normalized spacial score (nSPS) is 15.3. The van der Waals surface area contributed by atoms with E-state index in [2.05, 4.69) is 11.7 Å². The molecule has 1 heterocycles. The van der Waals surface area contributed by atoms with Gasteiger partial charge in [-0.1, -0.05) is 49.7 Å². The number of hydrogen-bond donors (Lipinski definition) is 1. The molecule has 4 heteroatoms. The van der Waals surface area contributed by atoms with Crippen molar-refractivity contribution in [2.75, 3.05) is 7.05 Å². The fourth-order valence-electron chi connectivity index (χ4n) is 2.40. The number of nitrogens with two attached hydrogens (primary N) is 1. The summed E-state index contributed by atoms with van der Waals surface area (Å²) in [4.78, 5) is 10.5. The number of benzene rings is 1. The molecule has 0 radical (unpaired) electrons. The second-order valence-electron chi connectivity index (χ2n) is 4.46. The van der Waals surface area contributed by atoms with E-state index in [0.29, 0.717) is 5.92 Å². The molecule has 0 bridgehead atoms. The second-order valence-corrected chi connectivity index (χ2v) is 4.46. The Bertz CT molecular complexity index is 403. The van der Waals surface area contributed by atoms with Crippen molar-refractivity contribution in [1.82, 2.24) is 0 Å². The molecule has 0 amide bonds. The van der Waals surface area contributed by atoms with Gasteiger partial charge in [0.15, 0.2) is 0 Å². The van der Waals surface area contributed by atoms with E-state index in [0.717, 1.165) is 37.3 Å². The van der Waals surface area contributed by atoms with Crippen LogP contribution in [-0.2, 0) is 0 Å². The number of hydrogen-bond acceptors (Lipinski definition) is 3. The molecule has 0 unspecified atom stereocenters. The molecule has 2 N–H and O–H groups in total. The number of carbonyl (C=O) groups is 1. The molecular weight excluding hydrogens is 223 g/mol. The molecule has 0 spiro atoms. The first-order valence-corrected chi connectivity index (χ1v) is 6.36. The van der Waals surface area contributed by atoms with Crippen LogP contribution in [0.1, 0.15) is 34.7 Å². The van der Waals surface area contributed by atoms with Crippen molar-refractivity contribution in [3.05, 3.63) is 35.4 Å². The van der Waals surface area contributed by atoms with Crippen LogP contribution in [0.5, 0.6) is 0 Å². The van der Waals surface area contributed by atoms with Gasteiger partial charge < -0.3 is 5.73 Å². The monoisotopic (exact) mass is 242 g/mol. The maximum Gasteiger partial charge on any atom is 0.267 e. The van der Waals surface area contributed by atoms with E-state index in [1.165, 1.54) is 12.6 Å². The Kier molecular flexibility index (Phi) is 6.17. The van der Waals surface area contributed by atoms with E-state index < -0.39 is 0 Å². The average Bonchev–Trinajstić information content (AvgIpc) is 2.49. The molecule has 0 saturated carbocycles. The van der Waals surface area contributed by atoms with Crippen LogP contribution in [0, 0.1) is 11.2 Å². The summed E-state index contributed by atoms with van der Waals surface area (Å²) >= 11 is 0. The van der Waals surface area contributed by atoms with Crippen LogP contribution in [-0.4, -0.2) is 20.0 Å². The van der Waals surface area contributed by atoms with Gasteiger partial charge in [-0.25, -0.2) is 5.26 Å². The summed E-state index contributed by atoms with van der Waals surface area (Å²) in [5.74, 6) is 2.92. The van der Waals surface area contributed by atoms with E-state index in [4.69, 9.17) is 5.26 Å². The van der Waals surface area contributed by atoms with Gasteiger partial charge in [0, 0.05) is 11.5 Å². The molecule has 0 aromatic heterocycles. The molecule has 1 aliphatic heterocycles. The maximum absolute atomic E-state index is 10.5. The van der Waals surface area contributed by atoms with Gasteiger partial charge in [-0.15, -0.1) is 0 Å². The highest BCUT2D eigenvalue weighted by Crippen LogP contribution is 2.33. The third kappa shape index (κ3) is 3.71. The van der Waals surface area contributed by atoms with Gasteiger partial charge in [-0.05, 0) is 18.5 Å². The highest BCUT2D eigenvalue weighted by molar-refractivity contribution is 6.67. The predicted molar refractivity (Wildman–Crippen MR) is 74.9 cm³/mol. The third-order valence-corrected chi connectivity index (χ3v) is 3.45. The van der Waals surface area contributed by atoms with Crippen LogP contribution < -0.4 is 5.73 Å². The van der Waals surface area contributed by atoms with E-state index in [9.17, 15) is 4.79 Å². The van der Waals surface area contributed by atoms with Crippen LogP contribution in [0.25, 0.3) is 0 Å². The van der Waals surface area contributed by atoms with E-state index in [1.807, 2.05) is 24.3 Å². The minimum atomic E-state index is 0.255. The van der Waals surface area contributed by atoms with Gasteiger partial charge >= 0.3 is 0 Å². The molecule has 1 aromatic rings. The highest BCUT2D eigenvalue weighted by atomic mass is 16.1. The minimum Gasteiger partial charge on any atom is -0.333 e. The molecule has 1 aromatic carbocycles. The van der Waals surface area contributed by atoms with Crippen LogP contribution in [0.4, 0.5) is 0 Å². The summed E-state index contributed by atoms with van der Waals surface area (Å²) in [6.07, 6.45) is 5.08. The Hall–Kier alpha value is -1.60. The first-order chi connectivity index (χ1) is 8.83. The quantitative estimate of drug-likeness (QED) is 0.640. The Morgan fingerprint density at radius 3 is 2.28 bits per heavy atom. The van der Waals surface area contributed by atoms with E-state index >= 15 is 0 Å². The average molecular weight is 242 g/mol. The van der Waals surface area contributed by atoms with Gasteiger partial charge in [0.2, 0.25) is 0 Å². The number of rotatable bonds is 2. The van der Waals surface area contributed by atoms with E-state index in [1.54, 1.807) is 0 Å². The van der Waals surface area contributed by atoms with Crippen molar-refractivity contribution in [3.8, 4) is 5.97 Å². The predicted octanol–water partition coefficient (Wildman–Crippen LogP) is 2.51. The number of nitriles is 1. The third-order valence-electron chi connectivity index (χ3n) is 3.45. The maximum atomic E-state index is 10.5. The van der Waals surface area contributed by atoms with Crippen molar-refractivity contribution in [2.24, 2.45) is 5.73 Å². The van der Waals surface area contributed by atoms with E-state index in [-0.39, 0.29) is 6.71 Å². The van der Waals surface area contributed by atoms with Crippen LogP contribution >= 0.6 is 0 Å². The highest BCUT2D eigenvalue weighted by Gasteiger charge is 2.24. The first kappa shape index (κ1) is 14.5. The van der Waals surface area contributed by atoms with Gasteiger partial charge in [0.1, 0.15) is 6.29 Å².